The molecule has 0 saturated heterocycles. The number of carbonyl (C=O) groups excluding carboxylic acids is 2. The molecule has 1 amide bonds. The number of nitrogens with two attached hydrogens (primary N) is 2. The molecule has 0 aromatic carbocycles. The summed E-state index contributed by atoms with van der Waals surface area (Å²) < 4.78 is 4.53. The lowest BCUT2D eigenvalue weighted by Crippen LogP contribution is -2.36. The number of esters is 1. The fraction of sp³-hybridized carbons (Fsp3) is 0.667. The summed E-state index contributed by atoms with van der Waals surface area (Å²) in [5.41, 5.74) is 10.0. The van der Waals surface area contributed by atoms with Crippen molar-refractivity contribution in [3.8, 4) is 0 Å². The molecule has 0 saturated carbocycles. The SMILES string of the molecule is CCOC(=O)C(N)CC(N)=O.Cl. The van der Waals surface area contributed by atoms with Gasteiger partial charge in [-0.2, -0.15) is 0 Å². The van der Waals surface area contributed by atoms with Gasteiger partial charge in [0, 0.05) is 0 Å². The van der Waals surface area contributed by atoms with Crippen LogP contribution in [0.1, 0.15) is 13.3 Å². The summed E-state index contributed by atoms with van der Waals surface area (Å²) in [6.45, 7) is 1.92. The van der Waals surface area contributed by atoms with Gasteiger partial charge in [-0.25, -0.2) is 0 Å². The zero-order chi connectivity index (χ0) is 8.85. The number of amides is 1. The van der Waals surface area contributed by atoms with Crippen molar-refractivity contribution in [1.82, 2.24) is 0 Å². The third kappa shape index (κ3) is 5.94. The van der Waals surface area contributed by atoms with Gasteiger partial charge in [-0.1, -0.05) is 0 Å². The Hall–Kier alpha value is -0.810. The van der Waals surface area contributed by atoms with Crippen LogP contribution in [0, 0.1) is 0 Å². The van der Waals surface area contributed by atoms with Crippen molar-refractivity contribution in [3.63, 3.8) is 0 Å². The Morgan fingerprint density at radius 1 is 1.50 bits per heavy atom. The molecule has 1 unspecified atom stereocenters. The third-order valence-corrected chi connectivity index (χ3v) is 1.01. The van der Waals surface area contributed by atoms with Crippen LogP contribution in [0.25, 0.3) is 0 Å². The molecular formula is C6H13ClN2O3. The molecule has 0 radical (unpaired) electrons. The minimum Gasteiger partial charge on any atom is -0.465 e. The lowest BCUT2D eigenvalue weighted by atomic mass is 10.2. The zero-order valence-electron chi connectivity index (χ0n) is 6.78. The maximum atomic E-state index is 10.7. The summed E-state index contributed by atoms with van der Waals surface area (Å²) in [6, 6.07) is -0.924. The molecule has 5 nitrogen and oxygen atoms in total. The van der Waals surface area contributed by atoms with Gasteiger partial charge in [0.15, 0.2) is 0 Å². The number of rotatable bonds is 4. The Labute approximate surface area is 76.8 Å². The van der Waals surface area contributed by atoms with Gasteiger partial charge in [0.1, 0.15) is 6.04 Å². The first kappa shape index (κ1) is 13.8. The van der Waals surface area contributed by atoms with E-state index in [0.29, 0.717) is 0 Å². The molecule has 72 valence electrons. The number of ether oxygens (including phenoxy) is 1. The minimum atomic E-state index is -0.924. The Bertz CT molecular complexity index is 163. The Kier molecular flexibility index (Phi) is 7.88. The Morgan fingerprint density at radius 3 is 2.33 bits per heavy atom. The molecule has 0 heterocycles. The van der Waals surface area contributed by atoms with Crippen LogP contribution in [0.3, 0.4) is 0 Å². The number of hydrogen-bond acceptors (Lipinski definition) is 4. The maximum absolute atomic E-state index is 10.7. The third-order valence-electron chi connectivity index (χ3n) is 1.01. The van der Waals surface area contributed by atoms with Crippen LogP contribution in [-0.2, 0) is 14.3 Å². The van der Waals surface area contributed by atoms with Crippen molar-refractivity contribution in [3.05, 3.63) is 0 Å². The number of halogens is 1. The summed E-state index contributed by atoms with van der Waals surface area (Å²) in [7, 11) is 0. The van der Waals surface area contributed by atoms with Gasteiger partial charge in [-0.3, -0.25) is 9.59 Å². The minimum absolute atomic E-state index is 0. The predicted octanol–water partition coefficient (Wildman–Crippen LogP) is -0.826. The zero-order valence-corrected chi connectivity index (χ0v) is 7.60. The van der Waals surface area contributed by atoms with Crippen LogP contribution < -0.4 is 11.5 Å². The van der Waals surface area contributed by atoms with Crippen molar-refractivity contribution in [2.75, 3.05) is 6.61 Å². The molecule has 1 atom stereocenters. The molecule has 0 aromatic rings. The summed E-state index contributed by atoms with van der Waals surface area (Å²) in [6.07, 6.45) is -0.168. The van der Waals surface area contributed by atoms with E-state index in [1.807, 2.05) is 0 Å². The molecule has 0 aromatic heterocycles. The molecular weight excluding hydrogens is 184 g/mol. The van der Waals surface area contributed by atoms with Crippen molar-refractivity contribution >= 4 is 24.3 Å². The van der Waals surface area contributed by atoms with Gasteiger partial charge in [0.2, 0.25) is 5.91 Å². The highest BCUT2D eigenvalue weighted by atomic mass is 35.5. The van der Waals surface area contributed by atoms with Gasteiger partial charge in [0.25, 0.3) is 0 Å². The second-order valence-electron chi connectivity index (χ2n) is 2.03. The maximum Gasteiger partial charge on any atom is 0.323 e. The average Bonchev–Trinajstić information content (AvgIpc) is 1.86. The van der Waals surface area contributed by atoms with Gasteiger partial charge in [-0.15, -0.1) is 12.4 Å². The molecule has 12 heavy (non-hydrogen) atoms. The molecule has 0 aliphatic rings. The summed E-state index contributed by atoms with van der Waals surface area (Å²) in [5, 5.41) is 0. The lowest BCUT2D eigenvalue weighted by molar-refractivity contribution is -0.145. The van der Waals surface area contributed by atoms with Crippen LogP contribution in [0.15, 0.2) is 0 Å². The molecule has 0 aliphatic heterocycles. The van der Waals surface area contributed by atoms with E-state index < -0.39 is 17.9 Å². The highest BCUT2D eigenvalue weighted by Gasteiger charge is 2.16. The van der Waals surface area contributed by atoms with Crippen molar-refractivity contribution in [2.45, 2.75) is 19.4 Å². The van der Waals surface area contributed by atoms with E-state index in [4.69, 9.17) is 11.5 Å². The van der Waals surface area contributed by atoms with E-state index in [9.17, 15) is 9.59 Å². The first-order chi connectivity index (χ1) is 5.07. The average molecular weight is 197 g/mol. The molecule has 0 aliphatic carbocycles. The van der Waals surface area contributed by atoms with Crippen LogP contribution >= 0.6 is 12.4 Å². The van der Waals surface area contributed by atoms with Crippen molar-refractivity contribution in [2.24, 2.45) is 11.5 Å². The van der Waals surface area contributed by atoms with E-state index in [-0.39, 0.29) is 25.4 Å². The monoisotopic (exact) mass is 196 g/mol. The van der Waals surface area contributed by atoms with Crippen LogP contribution in [0.4, 0.5) is 0 Å². The number of carbonyl (C=O) groups is 2. The van der Waals surface area contributed by atoms with E-state index >= 15 is 0 Å². The fourth-order valence-corrected chi connectivity index (χ4v) is 0.549. The number of hydrogen-bond donors (Lipinski definition) is 2. The van der Waals surface area contributed by atoms with Crippen LogP contribution in [0.2, 0.25) is 0 Å². The Morgan fingerprint density at radius 2 is 2.00 bits per heavy atom. The Balaban J connectivity index is 0. The molecule has 6 heteroatoms. The first-order valence-electron chi connectivity index (χ1n) is 3.28. The molecule has 0 fully saturated rings. The second-order valence-corrected chi connectivity index (χ2v) is 2.03. The second kappa shape index (κ2) is 6.87. The predicted molar refractivity (Wildman–Crippen MR) is 45.7 cm³/mol. The molecule has 0 spiro atoms. The summed E-state index contributed by atoms with van der Waals surface area (Å²) >= 11 is 0. The summed E-state index contributed by atoms with van der Waals surface area (Å²) in [4.78, 5) is 21.0. The molecule has 4 N–H and O–H groups in total. The highest BCUT2D eigenvalue weighted by molar-refractivity contribution is 5.85. The summed E-state index contributed by atoms with van der Waals surface area (Å²) in [5.74, 6) is -1.20. The largest absolute Gasteiger partial charge is 0.465 e. The van der Waals surface area contributed by atoms with E-state index in [1.54, 1.807) is 6.92 Å². The van der Waals surface area contributed by atoms with Gasteiger partial charge in [-0.05, 0) is 6.92 Å². The first-order valence-corrected chi connectivity index (χ1v) is 3.28. The molecule has 0 rings (SSSR count). The van der Waals surface area contributed by atoms with Gasteiger partial charge >= 0.3 is 5.97 Å². The smallest absolute Gasteiger partial charge is 0.323 e. The van der Waals surface area contributed by atoms with Crippen LogP contribution in [-0.4, -0.2) is 24.5 Å². The highest BCUT2D eigenvalue weighted by Crippen LogP contribution is 1.90. The van der Waals surface area contributed by atoms with Gasteiger partial charge in [0.05, 0.1) is 13.0 Å². The van der Waals surface area contributed by atoms with Crippen LogP contribution in [0.5, 0.6) is 0 Å². The topological polar surface area (TPSA) is 95.4 Å². The molecule has 0 bridgehead atoms. The van der Waals surface area contributed by atoms with Crippen molar-refractivity contribution in [1.29, 1.82) is 0 Å². The van der Waals surface area contributed by atoms with E-state index in [1.165, 1.54) is 0 Å². The lowest BCUT2D eigenvalue weighted by Gasteiger charge is -2.06. The number of primary amides is 1. The van der Waals surface area contributed by atoms with E-state index in [0.717, 1.165) is 0 Å². The quantitative estimate of drug-likeness (QED) is 0.574. The van der Waals surface area contributed by atoms with Crippen molar-refractivity contribution < 1.29 is 14.3 Å². The standard InChI is InChI=1S/C6H12N2O3.ClH/c1-2-11-6(10)4(7)3-5(8)9;/h4H,2-3,7H2,1H3,(H2,8,9);1H. The normalized spacial score (nSPS) is 11.2. The fourth-order valence-electron chi connectivity index (χ4n) is 0.549. The van der Waals surface area contributed by atoms with E-state index in [2.05, 4.69) is 4.74 Å². The van der Waals surface area contributed by atoms with Gasteiger partial charge < -0.3 is 16.2 Å².